The van der Waals surface area contributed by atoms with Crippen LogP contribution in [0.4, 0.5) is 11.4 Å². The maximum absolute atomic E-state index is 10.0. The molecule has 114 valence electrons. The number of hydrogen-bond acceptors (Lipinski definition) is 6. The third-order valence-corrected chi connectivity index (χ3v) is 4.86. The van der Waals surface area contributed by atoms with Gasteiger partial charge in [0.25, 0.3) is 0 Å². The molecule has 2 unspecified atom stereocenters. The lowest BCUT2D eigenvalue weighted by molar-refractivity contribution is 0.191. The van der Waals surface area contributed by atoms with E-state index < -0.39 is 0 Å². The van der Waals surface area contributed by atoms with Gasteiger partial charge in [0.1, 0.15) is 0 Å². The van der Waals surface area contributed by atoms with E-state index in [1.165, 1.54) is 0 Å². The van der Waals surface area contributed by atoms with Crippen LogP contribution >= 0.6 is 11.3 Å². The number of aliphatic hydroxyl groups excluding tert-OH is 1. The molecule has 5 nitrogen and oxygen atoms in total. The normalized spacial score (nSPS) is 22.6. The quantitative estimate of drug-likeness (QED) is 0.845. The summed E-state index contributed by atoms with van der Waals surface area (Å²) in [6.45, 7) is 3.55. The molecule has 2 heterocycles. The maximum atomic E-state index is 10.0. The van der Waals surface area contributed by atoms with E-state index in [-0.39, 0.29) is 12.1 Å². The van der Waals surface area contributed by atoms with Crippen LogP contribution < -0.4 is 10.6 Å². The van der Waals surface area contributed by atoms with Gasteiger partial charge >= 0.3 is 0 Å². The molecule has 0 saturated carbocycles. The van der Waals surface area contributed by atoms with Gasteiger partial charge < -0.3 is 20.6 Å². The summed E-state index contributed by atoms with van der Waals surface area (Å²) in [5.74, 6) is 0. The van der Waals surface area contributed by atoms with Crippen LogP contribution in [0.2, 0.25) is 0 Å². The van der Waals surface area contributed by atoms with Gasteiger partial charge in [0.2, 0.25) is 0 Å². The molecule has 0 aliphatic carbocycles. The number of anilines is 2. The van der Waals surface area contributed by atoms with Crippen LogP contribution in [0.1, 0.15) is 11.4 Å². The van der Waals surface area contributed by atoms with Crippen molar-refractivity contribution in [1.82, 2.24) is 9.88 Å². The van der Waals surface area contributed by atoms with Gasteiger partial charge in [0.05, 0.1) is 32.7 Å². The Bertz CT molecular complexity index is 654. The van der Waals surface area contributed by atoms with Crippen LogP contribution in [0.5, 0.6) is 0 Å². The largest absolute Gasteiger partial charge is 0.397 e. The van der Waals surface area contributed by atoms with Crippen molar-refractivity contribution in [3.63, 3.8) is 0 Å². The molecule has 1 saturated heterocycles. The summed E-state index contributed by atoms with van der Waals surface area (Å²) in [6.07, 6.45) is 0.494. The van der Waals surface area contributed by atoms with Gasteiger partial charge in [0, 0.05) is 19.1 Å². The highest BCUT2D eigenvalue weighted by molar-refractivity contribution is 7.18. The van der Waals surface area contributed by atoms with Crippen LogP contribution in [0.25, 0.3) is 10.2 Å². The summed E-state index contributed by atoms with van der Waals surface area (Å²) in [4.78, 5) is 8.94. The Hall–Kier alpha value is -1.37. The van der Waals surface area contributed by atoms with Crippen molar-refractivity contribution < 1.29 is 5.11 Å². The van der Waals surface area contributed by atoms with E-state index in [4.69, 9.17) is 5.73 Å². The molecule has 0 amide bonds. The molecule has 3 N–H and O–H groups in total. The fourth-order valence-corrected chi connectivity index (χ4v) is 3.98. The van der Waals surface area contributed by atoms with E-state index in [0.29, 0.717) is 6.54 Å². The number of aryl methyl sites for hydroxylation is 1. The molecule has 0 radical (unpaired) electrons. The number of likely N-dealkylation sites (N-methyl/N-ethyl adjacent to an activating group) is 1. The summed E-state index contributed by atoms with van der Waals surface area (Å²) in [5, 5.41) is 11.1. The average molecular weight is 306 g/mol. The van der Waals surface area contributed by atoms with E-state index in [0.717, 1.165) is 39.6 Å². The van der Waals surface area contributed by atoms with Gasteiger partial charge in [-0.1, -0.05) is 0 Å². The number of benzene rings is 1. The van der Waals surface area contributed by atoms with E-state index >= 15 is 0 Å². The number of fused-ring (bicyclic) bond motifs is 1. The molecule has 21 heavy (non-hydrogen) atoms. The van der Waals surface area contributed by atoms with E-state index in [9.17, 15) is 5.11 Å². The average Bonchev–Trinajstić information content (AvgIpc) is 2.89. The Kier molecular flexibility index (Phi) is 3.77. The van der Waals surface area contributed by atoms with Gasteiger partial charge in [-0.2, -0.15) is 0 Å². The monoisotopic (exact) mass is 306 g/mol. The standard InChI is InChI=1S/C15H22N4OS/c1-9-17-13-6-14(12(16)5-15(13)21-9)19-8-11(20)4-10(19)7-18(2)3/h5-6,10-11,20H,4,7-8,16H2,1-3H3. The molecular weight excluding hydrogens is 284 g/mol. The van der Waals surface area contributed by atoms with Crippen LogP contribution in [0, 0.1) is 6.92 Å². The zero-order valence-corrected chi connectivity index (χ0v) is 13.5. The SMILES string of the molecule is Cc1nc2cc(N3CC(O)CC3CN(C)C)c(N)cc2s1. The number of β-amino-alcohol motifs (C(OH)–C–C–N with tert-alkyl or cyclic N) is 1. The van der Waals surface area contributed by atoms with Crippen molar-refractivity contribution >= 4 is 32.9 Å². The molecule has 0 spiro atoms. The zero-order chi connectivity index (χ0) is 15.1. The molecule has 2 aromatic rings. The molecule has 1 aliphatic heterocycles. The third-order valence-electron chi connectivity index (χ3n) is 3.92. The number of nitrogens with zero attached hydrogens (tertiary/aromatic N) is 3. The van der Waals surface area contributed by atoms with E-state index in [2.05, 4.69) is 34.9 Å². The maximum Gasteiger partial charge on any atom is 0.0907 e. The van der Waals surface area contributed by atoms with Crippen molar-refractivity contribution in [2.75, 3.05) is 37.8 Å². The first-order chi connectivity index (χ1) is 9.94. The molecule has 3 rings (SSSR count). The van der Waals surface area contributed by atoms with Crippen LogP contribution in [-0.2, 0) is 0 Å². The van der Waals surface area contributed by atoms with Gasteiger partial charge in [-0.05, 0) is 39.6 Å². The van der Waals surface area contributed by atoms with Crippen LogP contribution in [0.15, 0.2) is 12.1 Å². The molecular formula is C15H22N4OS. The summed E-state index contributed by atoms with van der Waals surface area (Å²) < 4.78 is 1.12. The minimum Gasteiger partial charge on any atom is -0.397 e. The first-order valence-corrected chi connectivity index (χ1v) is 8.02. The summed E-state index contributed by atoms with van der Waals surface area (Å²) in [5.41, 5.74) is 9.01. The molecule has 1 aliphatic rings. The fraction of sp³-hybridized carbons (Fsp3) is 0.533. The van der Waals surface area contributed by atoms with Crippen molar-refractivity contribution in [2.45, 2.75) is 25.5 Å². The van der Waals surface area contributed by atoms with Crippen molar-refractivity contribution in [3.05, 3.63) is 17.1 Å². The number of rotatable bonds is 3. The highest BCUT2D eigenvalue weighted by Gasteiger charge is 2.32. The predicted octanol–water partition coefficient (Wildman–Crippen LogP) is 1.69. The van der Waals surface area contributed by atoms with Gasteiger partial charge in [-0.25, -0.2) is 4.98 Å². The highest BCUT2D eigenvalue weighted by atomic mass is 32.1. The summed E-state index contributed by atoms with van der Waals surface area (Å²) >= 11 is 1.66. The second kappa shape index (κ2) is 5.44. The smallest absolute Gasteiger partial charge is 0.0907 e. The summed E-state index contributed by atoms with van der Waals surface area (Å²) in [6, 6.07) is 4.36. The predicted molar refractivity (Wildman–Crippen MR) is 89.1 cm³/mol. The Labute approximate surface area is 129 Å². The number of aliphatic hydroxyl groups is 1. The van der Waals surface area contributed by atoms with Crippen LogP contribution in [0.3, 0.4) is 0 Å². The fourth-order valence-electron chi connectivity index (χ4n) is 3.12. The Morgan fingerprint density at radius 2 is 2.24 bits per heavy atom. The second-order valence-corrected chi connectivity index (χ2v) is 7.30. The van der Waals surface area contributed by atoms with Gasteiger partial charge in [0.15, 0.2) is 0 Å². The minimum absolute atomic E-state index is 0.287. The number of hydrogen-bond donors (Lipinski definition) is 2. The Morgan fingerprint density at radius 3 is 2.95 bits per heavy atom. The van der Waals surface area contributed by atoms with Crippen molar-refractivity contribution in [1.29, 1.82) is 0 Å². The van der Waals surface area contributed by atoms with Gasteiger partial charge in [-0.3, -0.25) is 0 Å². The Morgan fingerprint density at radius 1 is 1.48 bits per heavy atom. The highest BCUT2D eigenvalue weighted by Crippen LogP contribution is 2.35. The molecule has 1 aromatic carbocycles. The molecule has 1 aromatic heterocycles. The molecule has 6 heteroatoms. The first-order valence-electron chi connectivity index (χ1n) is 7.20. The third kappa shape index (κ3) is 2.84. The lowest BCUT2D eigenvalue weighted by atomic mass is 10.1. The number of nitrogen functional groups attached to an aromatic ring is 1. The van der Waals surface area contributed by atoms with E-state index in [1.54, 1.807) is 11.3 Å². The number of aromatic nitrogens is 1. The molecule has 2 atom stereocenters. The van der Waals surface area contributed by atoms with Crippen molar-refractivity contribution in [2.24, 2.45) is 0 Å². The molecule has 1 fully saturated rings. The topological polar surface area (TPSA) is 65.6 Å². The van der Waals surface area contributed by atoms with Gasteiger partial charge in [-0.15, -0.1) is 11.3 Å². The lowest BCUT2D eigenvalue weighted by Crippen LogP contribution is -2.37. The molecule has 0 bridgehead atoms. The number of thiazole rings is 1. The lowest BCUT2D eigenvalue weighted by Gasteiger charge is -2.29. The number of nitrogens with two attached hydrogens (primary N) is 1. The Balaban J connectivity index is 1.99. The van der Waals surface area contributed by atoms with Crippen LogP contribution in [-0.4, -0.2) is 54.3 Å². The van der Waals surface area contributed by atoms with E-state index in [1.807, 2.05) is 13.0 Å². The minimum atomic E-state index is -0.290. The van der Waals surface area contributed by atoms with Crippen molar-refractivity contribution in [3.8, 4) is 0 Å². The second-order valence-electron chi connectivity index (χ2n) is 6.07. The zero-order valence-electron chi connectivity index (χ0n) is 12.7. The summed E-state index contributed by atoms with van der Waals surface area (Å²) in [7, 11) is 4.11. The first kappa shape index (κ1) is 14.6.